The molecule has 1 radical (unpaired) electrons. The maximum absolute atomic E-state index is 4.79. The minimum Gasteiger partial charge on any atom is -0.352 e. The molecule has 0 aromatic carbocycles. The summed E-state index contributed by atoms with van der Waals surface area (Å²) in [4.78, 5) is 0. The Morgan fingerprint density at radius 3 is 2.45 bits per heavy atom. The van der Waals surface area contributed by atoms with E-state index < -0.39 is 0 Å². The standard InChI is InChI=1S/C9H14NO/c1-5-8-7(6-11-10-8)9(2,3)4/h5H2,1-4H3. The molecule has 61 valence electrons. The van der Waals surface area contributed by atoms with E-state index >= 15 is 0 Å². The van der Waals surface area contributed by atoms with Crippen LogP contribution in [0.1, 0.15) is 39.0 Å². The van der Waals surface area contributed by atoms with E-state index in [-0.39, 0.29) is 5.41 Å². The van der Waals surface area contributed by atoms with Crippen LogP contribution in [-0.4, -0.2) is 5.16 Å². The molecule has 0 saturated carbocycles. The van der Waals surface area contributed by atoms with Crippen LogP contribution in [0.25, 0.3) is 0 Å². The summed E-state index contributed by atoms with van der Waals surface area (Å²) in [6, 6.07) is 0. The summed E-state index contributed by atoms with van der Waals surface area (Å²) in [6.45, 7) is 8.47. The van der Waals surface area contributed by atoms with Crippen molar-refractivity contribution >= 4 is 0 Å². The fourth-order valence-corrected chi connectivity index (χ4v) is 1.06. The molecule has 2 nitrogen and oxygen atoms in total. The molecule has 1 rings (SSSR count). The Morgan fingerprint density at radius 1 is 1.45 bits per heavy atom. The van der Waals surface area contributed by atoms with Crippen molar-refractivity contribution < 1.29 is 4.52 Å². The maximum atomic E-state index is 4.79. The average Bonchev–Trinajstić information content (AvgIpc) is 2.31. The first-order valence-corrected chi connectivity index (χ1v) is 3.92. The highest BCUT2D eigenvalue weighted by Crippen LogP contribution is 2.24. The molecule has 0 N–H and O–H groups in total. The Morgan fingerprint density at radius 2 is 2.09 bits per heavy atom. The lowest BCUT2D eigenvalue weighted by atomic mass is 9.87. The molecular weight excluding hydrogens is 138 g/mol. The fourth-order valence-electron chi connectivity index (χ4n) is 1.06. The van der Waals surface area contributed by atoms with E-state index in [0.29, 0.717) is 0 Å². The molecule has 0 atom stereocenters. The van der Waals surface area contributed by atoms with Gasteiger partial charge in [0.25, 0.3) is 0 Å². The molecule has 0 aliphatic heterocycles. The van der Waals surface area contributed by atoms with Crippen LogP contribution in [0.5, 0.6) is 0 Å². The molecule has 0 amide bonds. The fraction of sp³-hybridized carbons (Fsp3) is 0.667. The molecule has 2 heteroatoms. The van der Waals surface area contributed by atoms with Crippen molar-refractivity contribution in [2.24, 2.45) is 0 Å². The quantitative estimate of drug-likeness (QED) is 0.617. The second kappa shape index (κ2) is 2.68. The molecule has 0 spiro atoms. The van der Waals surface area contributed by atoms with Crippen molar-refractivity contribution in [2.45, 2.75) is 39.5 Å². The number of rotatable bonds is 1. The minimum atomic E-state index is 0.103. The van der Waals surface area contributed by atoms with E-state index in [1.807, 2.05) is 0 Å². The zero-order chi connectivity index (χ0) is 8.48. The van der Waals surface area contributed by atoms with Gasteiger partial charge in [0.1, 0.15) is 0 Å². The molecule has 0 aliphatic carbocycles. The maximum Gasteiger partial charge on any atom is 0.209 e. The molecule has 1 aromatic heterocycles. The zero-order valence-electron chi connectivity index (χ0n) is 7.56. The van der Waals surface area contributed by atoms with Crippen LogP contribution in [0.4, 0.5) is 0 Å². The van der Waals surface area contributed by atoms with Gasteiger partial charge in [-0.05, 0) is 11.8 Å². The lowest BCUT2D eigenvalue weighted by Crippen LogP contribution is -2.12. The topological polar surface area (TPSA) is 26.0 Å². The predicted molar refractivity (Wildman–Crippen MR) is 43.4 cm³/mol. The highest BCUT2D eigenvalue weighted by atomic mass is 16.5. The lowest BCUT2D eigenvalue weighted by molar-refractivity contribution is 0.403. The highest BCUT2D eigenvalue weighted by Gasteiger charge is 2.20. The summed E-state index contributed by atoms with van der Waals surface area (Å²) in [5.41, 5.74) is 2.23. The number of aryl methyl sites for hydroxylation is 1. The molecule has 0 fully saturated rings. The Hall–Kier alpha value is -0.790. The normalized spacial score (nSPS) is 12.0. The van der Waals surface area contributed by atoms with E-state index in [4.69, 9.17) is 4.52 Å². The van der Waals surface area contributed by atoms with E-state index in [9.17, 15) is 0 Å². The summed E-state index contributed by atoms with van der Waals surface area (Å²) in [5.74, 6) is 0. The number of aromatic nitrogens is 1. The van der Waals surface area contributed by atoms with Crippen molar-refractivity contribution in [3.63, 3.8) is 0 Å². The van der Waals surface area contributed by atoms with Gasteiger partial charge in [-0.25, -0.2) is 0 Å². The van der Waals surface area contributed by atoms with E-state index in [0.717, 1.165) is 17.7 Å². The highest BCUT2D eigenvalue weighted by molar-refractivity contribution is 5.21. The van der Waals surface area contributed by atoms with Crippen LogP contribution >= 0.6 is 0 Å². The van der Waals surface area contributed by atoms with Gasteiger partial charge in [-0.15, -0.1) is 0 Å². The lowest BCUT2D eigenvalue weighted by Gasteiger charge is -2.15. The van der Waals surface area contributed by atoms with Crippen LogP contribution in [0.15, 0.2) is 4.52 Å². The predicted octanol–water partition coefficient (Wildman–Crippen LogP) is 2.33. The molecule has 0 aliphatic rings. The van der Waals surface area contributed by atoms with Gasteiger partial charge in [0.2, 0.25) is 6.26 Å². The molecular formula is C9H14NO. The van der Waals surface area contributed by atoms with E-state index in [1.54, 1.807) is 0 Å². The van der Waals surface area contributed by atoms with Gasteiger partial charge in [0, 0.05) is 5.56 Å². The van der Waals surface area contributed by atoms with Crippen molar-refractivity contribution in [3.05, 3.63) is 17.5 Å². The van der Waals surface area contributed by atoms with Crippen molar-refractivity contribution in [2.75, 3.05) is 0 Å². The first-order chi connectivity index (χ1) is 5.05. The van der Waals surface area contributed by atoms with Gasteiger partial charge < -0.3 is 4.52 Å². The van der Waals surface area contributed by atoms with Crippen LogP contribution in [0.3, 0.4) is 0 Å². The van der Waals surface area contributed by atoms with E-state index in [2.05, 4.69) is 39.1 Å². The summed E-state index contributed by atoms with van der Waals surface area (Å²) in [7, 11) is 0. The first-order valence-electron chi connectivity index (χ1n) is 3.92. The van der Waals surface area contributed by atoms with Gasteiger partial charge in [0.05, 0.1) is 5.69 Å². The molecule has 0 saturated heterocycles. The van der Waals surface area contributed by atoms with Crippen LogP contribution in [0.2, 0.25) is 0 Å². The summed E-state index contributed by atoms with van der Waals surface area (Å²) < 4.78 is 4.79. The second-order valence-electron chi connectivity index (χ2n) is 3.71. The zero-order valence-corrected chi connectivity index (χ0v) is 7.56. The number of hydrogen-bond acceptors (Lipinski definition) is 2. The Bertz CT molecular complexity index is 232. The Kier molecular flexibility index (Phi) is 2.03. The summed E-state index contributed by atoms with van der Waals surface area (Å²) in [6.07, 6.45) is 3.73. The number of hydrogen-bond donors (Lipinski definition) is 0. The summed E-state index contributed by atoms with van der Waals surface area (Å²) in [5, 5.41) is 3.87. The van der Waals surface area contributed by atoms with Crippen molar-refractivity contribution in [1.29, 1.82) is 0 Å². The third-order valence-corrected chi connectivity index (χ3v) is 1.68. The summed E-state index contributed by atoms with van der Waals surface area (Å²) >= 11 is 0. The van der Waals surface area contributed by atoms with Gasteiger partial charge >= 0.3 is 0 Å². The van der Waals surface area contributed by atoms with Gasteiger partial charge in [-0.1, -0.05) is 32.9 Å². The van der Waals surface area contributed by atoms with Crippen LogP contribution < -0.4 is 0 Å². The molecule has 0 bridgehead atoms. The monoisotopic (exact) mass is 152 g/mol. The number of nitrogens with zero attached hydrogens (tertiary/aromatic N) is 1. The van der Waals surface area contributed by atoms with Crippen molar-refractivity contribution in [1.82, 2.24) is 5.16 Å². The Balaban J connectivity index is 3.02. The average molecular weight is 152 g/mol. The molecule has 11 heavy (non-hydrogen) atoms. The van der Waals surface area contributed by atoms with Crippen LogP contribution in [0, 0.1) is 6.26 Å². The van der Waals surface area contributed by atoms with Gasteiger partial charge in [0.15, 0.2) is 0 Å². The molecule has 0 unspecified atom stereocenters. The Labute approximate surface area is 67.6 Å². The van der Waals surface area contributed by atoms with Crippen LogP contribution in [-0.2, 0) is 11.8 Å². The third kappa shape index (κ3) is 1.62. The van der Waals surface area contributed by atoms with Crippen molar-refractivity contribution in [3.8, 4) is 0 Å². The van der Waals surface area contributed by atoms with Gasteiger partial charge in [-0.3, -0.25) is 0 Å². The SMILES string of the molecule is CCc1no[c]c1C(C)(C)C. The molecule has 1 aromatic rings. The molecule has 1 heterocycles. The third-order valence-electron chi connectivity index (χ3n) is 1.68. The van der Waals surface area contributed by atoms with Gasteiger partial charge in [-0.2, -0.15) is 0 Å². The largest absolute Gasteiger partial charge is 0.352 e. The smallest absolute Gasteiger partial charge is 0.209 e. The van der Waals surface area contributed by atoms with E-state index in [1.165, 1.54) is 0 Å². The minimum absolute atomic E-state index is 0.103. The second-order valence-corrected chi connectivity index (χ2v) is 3.71. The first kappa shape index (κ1) is 8.31.